The van der Waals surface area contributed by atoms with Gasteiger partial charge in [0.2, 0.25) is 5.91 Å². The number of nitro benzene ring substituents is 1. The lowest BCUT2D eigenvalue weighted by molar-refractivity contribution is -0.384. The van der Waals surface area contributed by atoms with Crippen molar-refractivity contribution in [2.75, 3.05) is 38.2 Å². The van der Waals surface area contributed by atoms with Crippen molar-refractivity contribution in [3.8, 4) is 5.75 Å². The Balaban J connectivity index is 1.55. The number of hydrogen-bond acceptors (Lipinski definition) is 5. The van der Waals surface area contributed by atoms with E-state index in [-0.39, 0.29) is 11.6 Å². The first-order valence-corrected chi connectivity index (χ1v) is 9.45. The van der Waals surface area contributed by atoms with Crippen molar-refractivity contribution in [2.24, 2.45) is 0 Å². The van der Waals surface area contributed by atoms with E-state index in [2.05, 4.69) is 0 Å². The van der Waals surface area contributed by atoms with Crippen molar-refractivity contribution < 1.29 is 14.5 Å². The molecule has 7 nitrogen and oxygen atoms in total. The van der Waals surface area contributed by atoms with Crippen LogP contribution >= 0.6 is 11.6 Å². The molecule has 1 fully saturated rings. The number of nitrogens with zero attached hydrogens (tertiary/aromatic N) is 3. The van der Waals surface area contributed by atoms with Gasteiger partial charge in [-0.2, -0.15) is 0 Å². The number of rotatable bonds is 6. The van der Waals surface area contributed by atoms with Crippen LogP contribution in [0.2, 0.25) is 5.02 Å². The molecule has 1 aliphatic rings. The van der Waals surface area contributed by atoms with Crippen LogP contribution in [0.5, 0.6) is 5.75 Å². The summed E-state index contributed by atoms with van der Waals surface area (Å²) < 4.78 is 5.14. The number of halogens is 1. The maximum Gasteiger partial charge on any atom is 0.294 e. The van der Waals surface area contributed by atoms with E-state index in [0.29, 0.717) is 49.7 Å². The number of ether oxygens (including phenoxy) is 1. The third-order valence-electron chi connectivity index (χ3n) is 4.89. The van der Waals surface area contributed by atoms with Gasteiger partial charge in [0, 0.05) is 43.7 Å². The van der Waals surface area contributed by atoms with Crippen LogP contribution in [-0.2, 0) is 11.2 Å². The quantitative estimate of drug-likeness (QED) is 0.544. The van der Waals surface area contributed by atoms with E-state index in [1.807, 2.05) is 34.1 Å². The van der Waals surface area contributed by atoms with Gasteiger partial charge in [0.05, 0.1) is 12.0 Å². The van der Waals surface area contributed by atoms with Gasteiger partial charge in [0.1, 0.15) is 11.4 Å². The normalized spacial score (nSPS) is 14.1. The zero-order chi connectivity index (χ0) is 20.1. The highest BCUT2D eigenvalue weighted by Gasteiger charge is 2.25. The Bertz CT molecular complexity index is 849. The predicted molar refractivity (Wildman–Crippen MR) is 108 cm³/mol. The summed E-state index contributed by atoms with van der Waals surface area (Å²) in [7, 11) is 1.62. The molecule has 1 saturated heterocycles. The molecule has 0 aromatic heterocycles. The second-order valence-corrected chi connectivity index (χ2v) is 7.04. The average Bonchev–Trinajstić information content (AvgIpc) is 2.72. The van der Waals surface area contributed by atoms with Crippen LogP contribution in [0.3, 0.4) is 0 Å². The number of benzene rings is 2. The molecule has 1 aliphatic heterocycles. The zero-order valence-electron chi connectivity index (χ0n) is 15.6. The Labute approximate surface area is 168 Å². The summed E-state index contributed by atoms with van der Waals surface area (Å²) in [5, 5.41) is 11.6. The Morgan fingerprint density at radius 2 is 1.82 bits per heavy atom. The molecule has 0 unspecified atom stereocenters. The number of carbonyl (C=O) groups excluding carboxylic acids is 1. The Morgan fingerprint density at radius 1 is 1.14 bits per heavy atom. The molecule has 0 radical (unpaired) electrons. The predicted octanol–water partition coefficient (Wildman–Crippen LogP) is 3.54. The van der Waals surface area contributed by atoms with Crippen molar-refractivity contribution in [1.82, 2.24) is 4.90 Å². The number of carbonyl (C=O) groups is 1. The number of piperazine rings is 1. The van der Waals surface area contributed by atoms with Gasteiger partial charge < -0.3 is 14.5 Å². The average molecular weight is 404 g/mol. The molecular formula is C20H22ClN3O4. The van der Waals surface area contributed by atoms with Gasteiger partial charge in [0.15, 0.2) is 0 Å². The van der Waals surface area contributed by atoms with Crippen LogP contribution in [-0.4, -0.2) is 49.0 Å². The number of anilines is 1. The molecule has 3 rings (SSSR count). The molecule has 0 N–H and O–H groups in total. The number of aryl methyl sites for hydroxylation is 1. The summed E-state index contributed by atoms with van der Waals surface area (Å²) in [6.45, 7) is 2.19. The summed E-state index contributed by atoms with van der Waals surface area (Å²) in [6.07, 6.45) is 1.11. The summed E-state index contributed by atoms with van der Waals surface area (Å²) in [6, 6.07) is 12.4. The van der Waals surface area contributed by atoms with Gasteiger partial charge in [-0.25, -0.2) is 0 Å². The van der Waals surface area contributed by atoms with Crippen molar-refractivity contribution in [2.45, 2.75) is 12.8 Å². The molecule has 2 aromatic carbocycles. The van der Waals surface area contributed by atoms with Crippen LogP contribution in [0.15, 0.2) is 42.5 Å². The largest absolute Gasteiger partial charge is 0.497 e. The number of methoxy groups -OCH3 is 1. The van der Waals surface area contributed by atoms with Gasteiger partial charge in [-0.05, 0) is 36.2 Å². The Kier molecular flexibility index (Phi) is 6.36. The second-order valence-electron chi connectivity index (χ2n) is 6.61. The third-order valence-corrected chi connectivity index (χ3v) is 5.13. The van der Waals surface area contributed by atoms with Gasteiger partial charge >= 0.3 is 0 Å². The first-order chi connectivity index (χ1) is 13.5. The lowest BCUT2D eigenvalue weighted by atomic mass is 10.1. The molecular weight excluding hydrogens is 382 g/mol. The molecule has 0 bridgehead atoms. The molecule has 8 heteroatoms. The highest BCUT2D eigenvalue weighted by Crippen LogP contribution is 2.31. The number of amides is 1. The molecule has 0 saturated carbocycles. The van der Waals surface area contributed by atoms with Gasteiger partial charge in [0.25, 0.3) is 5.69 Å². The Hall–Kier alpha value is -2.80. The fourth-order valence-corrected chi connectivity index (χ4v) is 3.47. The lowest BCUT2D eigenvalue weighted by Gasteiger charge is -2.36. The number of nitro groups is 1. The molecule has 0 spiro atoms. The third kappa shape index (κ3) is 4.72. The monoisotopic (exact) mass is 403 g/mol. The standard InChI is InChI=1S/C20H22ClN3O4/c1-28-17-6-2-15(3-7-17)4-9-20(25)23-12-10-22(11-13-23)18-8-5-16(21)14-19(18)24(26)27/h2-3,5-8,14H,4,9-13H2,1H3. The maximum atomic E-state index is 12.5. The lowest BCUT2D eigenvalue weighted by Crippen LogP contribution is -2.49. The van der Waals surface area contributed by atoms with Crippen LogP contribution < -0.4 is 9.64 Å². The molecule has 0 atom stereocenters. The van der Waals surface area contributed by atoms with Gasteiger partial charge in [-0.1, -0.05) is 23.7 Å². The van der Waals surface area contributed by atoms with Crippen LogP contribution in [0.4, 0.5) is 11.4 Å². The van der Waals surface area contributed by atoms with Crippen LogP contribution in [0.1, 0.15) is 12.0 Å². The van der Waals surface area contributed by atoms with E-state index in [0.717, 1.165) is 11.3 Å². The molecule has 2 aromatic rings. The van der Waals surface area contributed by atoms with Crippen molar-refractivity contribution in [3.63, 3.8) is 0 Å². The van der Waals surface area contributed by atoms with E-state index in [9.17, 15) is 14.9 Å². The molecule has 0 aliphatic carbocycles. The minimum absolute atomic E-state index is 0.00761. The van der Waals surface area contributed by atoms with Crippen molar-refractivity contribution in [3.05, 3.63) is 63.2 Å². The van der Waals surface area contributed by atoms with E-state index < -0.39 is 4.92 Å². The van der Waals surface area contributed by atoms with Gasteiger partial charge in [-0.15, -0.1) is 0 Å². The summed E-state index contributed by atoms with van der Waals surface area (Å²) in [5.41, 5.74) is 1.62. The summed E-state index contributed by atoms with van der Waals surface area (Å²) in [5.74, 6) is 0.892. The minimum Gasteiger partial charge on any atom is -0.497 e. The van der Waals surface area contributed by atoms with E-state index in [4.69, 9.17) is 16.3 Å². The van der Waals surface area contributed by atoms with Gasteiger partial charge in [-0.3, -0.25) is 14.9 Å². The zero-order valence-corrected chi connectivity index (χ0v) is 16.4. The van der Waals surface area contributed by atoms with E-state index >= 15 is 0 Å². The molecule has 1 heterocycles. The first kappa shape index (κ1) is 19.9. The van der Waals surface area contributed by atoms with Crippen molar-refractivity contribution >= 4 is 28.9 Å². The topological polar surface area (TPSA) is 75.9 Å². The molecule has 1 amide bonds. The summed E-state index contributed by atoms with van der Waals surface area (Å²) in [4.78, 5) is 27.1. The highest BCUT2D eigenvalue weighted by atomic mass is 35.5. The highest BCUT2D eigenvalue weighted by molar-refractivity contribution is 6.30. The van der Waals surface area contributed by atoms with Crippen LogP contribution in [0.25, 0.3) is 0 Å². The fraction of sp³-hybridized carbons (Fsp3) is 0.350. The first-order valence-electron chi connectivity index (χ1n) is 9.07. The SMILES string of the molecule is COc1ccc(CCC(=O)N2CCN(c3ccc(Cl)cc3[N+](=O)[O-])CC2)cc1. The maximum absolute atomic E-state index is 12.5. The molecule has 28 heavy (non-hydrogen) atoms. The Morgan fingerprint density at radius 3 is 2.43 bits per heavy atom. The van der Waals surface area contributed by atoms with Crippen LogP contribution in [0, 0.1) is 10.1 Å². The molecule has 148 valence electrons. The summed E-state index contributed by atoms with van der Waals surface area (Å²) >= 11 is 5.88. The fourth-order valence-electron chi connectivity index (χ4n) is 3.31. The van der Waals surface area contributed by atoms with E-state index in [1.54, 1.807) is 19.2 Å². The second kappa shape index (κ2) is 8.93. The minimum atomic E-state index is -0.423. The van der Waals surface area contributed by atoms with Crippen molar-refractivity contribution in [1.29, 1.82) is 0 Å². The van der Waals surface area contributed by atoms with E-state index in [1.165, 1.54) is 6.07 Å². The smallest absolute Gasteiger partial charge is 0.294 e. The number of hydrogen-bond donors (Lipinski definition) is 0.